The number of H-pyrrole nitrogens is 1. The number of aromatic nitrogens is 2. The Kier molecular flexibility index (Phi) is 3.36. The van der Waals surface area contributed by atoms with E-state index in [-0.39, 0.29) is 17.2 Å². The smallest absolute Gasteiger partial charge is 0.162 e. The number of fused-ring (bicyclic) bond motifs is 4. The van der Waals surface area contributed by atoms with Crippen molar-refractivity contribution in [3.63, 3.8) is 0 Å². The molecule has 27 heavy (non-hydrogen) atoms. The molecule has 2 aromatic carbocycles. The summed E-state index contributed by atoms with van der Waals surface area (Å²) in [6.45, 7) is 6.37. The maximum absolute atomic E-state index is 13.3. The number of ketones is 1. The van der Waals surface area contributed by atoms with Gasteiger partial charge in [-0.3, -0.25) is 4.79 Å². The van der Waals surface area contributed by atoms with Crippen molar-refractivity contribution in [2.24, 2.45) is 5.41 Å². The molecule has 4 nitrogen and oxygen atoms in total. The Balaban J connectivity index is 1.83. The summed E-state index contributed by atoms with van der Waals surface area (Å²) in [5.74, 6) is 0.242. The largest absolute Gasteiger partial charge is 0.372 e. The molecule has 5 rings (SSSR count). The van der Waals surface area contributed by atoms with Crippen molar-refractivity contribution in [3.05, 3.63) is 65.2 Å². The molecular weight excluding hydrogens is 334 g/mol. The molecule has 0 bridgehead atoms. The van der Waals surface area contributed by atoms with E-state index in [1.54, 1.807) is 6.33 Å². The minimum atomic E-state index is -0.167. The lowest BCUT2D eigenvalue weighted by Crippen LogP contribution is -2.33. The summed E-state index contributed by atoms with van der Waals surface area (Å²) in [5.41, 5.74) is 6.27. The molecule has 4 heteroatoms. The summed E-state index contributed by atoms with van der Waals surface area (Å²) in [4.78, 5) is 20.9. The molecule has 1 aliphatic heterocycles. The fourth-order valence-corrected chi connectivity index (χ4v) is 4.72. The maximum Gasteiger partial charge on any atom is 0.162 e. The van der Waals surface area contributed by atoms with Gasteiger partial charge < -0.3 is 10.3 Å². The van der Waals surface area contributed by atoms with E-state index in [1.807, 2.05) is 6.92 Å². The molecule has 1 aromatic heterocycles. The Morgan fingerprint density at radius 3 is 2.70 bits per heavy atom. The number of Topliss-reactive ketones (excluding diaryl/α,β-unsaturated/α-hetero) is 1. The zero-order valence-electron chi connectivity index (χ0n) is 15.9. The second kappa shape index (κ2) is 5.56. The van der Waals surface area contributed by atoms with Gasteiger partial charge in [0.05, 0.1) is 23.8 Å². The number of aromatic amines is 1. The monoisotopic (exact) mass is 357 g/mol. The van der Waals surface area contributed by atoms with Gasteiger partial charge in [-0.25, -0.2) is 4.98 Å². The zero-order valence-corrected chi connectivity index (χ0v) is 15.9. The highest BCUT2D eigenvalue weighted by atomic mass is 16.1. The van der Waals surface area contributed by atoms with E-state index in [4.69, 9.17) is 0 Å². The predicted octanol–water partition coefficient (Wildman–Crippen LogP) is 5.18. The Bertz CT molecular complexity index is 1120. The number of aryl methyl sites for hydroxylation is 1. The van der Waals surface area contributed by atoms with Crippen molar-refractivity contribution in [3.8, 4) is 0 Å². The Labute approximate surface area is 158 Å². The minimum absolute atomic E-state index is 0.0327. The van der Waals surface area contributed by atoms with Crippen molar-refractivity contribution >= 4 is 27.8 Å². The van der Waals surface area contributed by atoms with Crippen molar-refractivity contribution in [2.75, 3.05) is 5.32 Å². The van der Waals surface area contributed by atoms with Gasteiger partial charge in [0.25, 0.3) is 0 Å². The number of nitrogens with zero attached hydrogens (tertiary/aromatic N) is 1. The van der Waals surface area contributed by atoms with Crippen LogP contribution in [0.1, 0.15) is 49.7 Å². The van der Waals surface area contributed by atoms with Crippen molar-refractivity contribution in [2.45, 2.75) is 39.7 Å². The van der Waals surface area contributed by atoms with Gasteiger partial charge in [-0.15, -0.1) is 0 Å². The molecule has 0 spiro atoms. The van der Waals surface area contributed by atoms with E-state index in [2.05, 4.69) is 65.5 Å². The van der Waals surface area contributed by atoms with Gasteiger partial charge in [-0.2, -0.15) is 0 Å². The molecule has 2 aliphatic rings. The first-order valence-electron chi connectivity index (χ1n) is 9.49. The molecule has 0 saturated carbocycles. The van der Waals surface area contributed by atoms with Crippen LogP contribution in [0.2, 0.25) is 0 Å². The summed E-state index contributed by atoms with van der Waals surface area (Å²) in [5, 5.41) is 6.05. The molecule has 0 saturated heterocycles. The topological polar surface area (TPSA) is 57.8 Å². The summed E-state index contributed by atoms with van der Waals surface area (Å²) < 4.78 is 0. The highest BCUT2D eigenvalue weighted by molar-refractivity contribution is 6.12. The molecule has 0 unspecified atom stereocenters. The van der Waals surface area contributed by atoms with Gasteiger partial charge in [0, 0.05) is 23.2 Å². The minimum Gasteiger partial charge on any atom is -0.372 e. The molecule has 0 radical (unpaired) electrons. The van der Waals surface area contributed by atoms with Crippen LogP contribution in [0.5, 0.6) is 0 Å². The van der Waals surface area contributed by atoms with E-state index in [1.165, 1.54) is 21.9 Å². The highest BCUT2D eigenvalue weighted by Crippen LogP contribution is 2.51. The van der Waals surface area contributed by atoms with Crippen LogP contribution in [0, 0.1) is 12.3 Å². The number of hydrogen-bond donors (Lipinski definition) is 2. The summed E-state index contributed by atoms with van der Waals surface area (Å²) in [7, 11) is 0. The quantitative estimate of drug-likeness (QED) is 0.631. The Morgan fingerprint density at radius 1 is 1.11 bits per heavy atom. The fraction of sp³-hybridized carbons (Fsp3) is 0.304. The van der Waals surface area contributed by atoms with Crippen molar-refractivity contribution in [1.82, 2.24) is 9.97 Å². The van der Waals surface area contributed by atoms with Gasteiger partial charge in [0.15, 0.2) is 5.78 Å². The van der Waals surface area contributed by atoms with Crippen molar-refractivity contribution < 1.29 is 4.79 Å². The normalized spacial score (nSPS) is 21.0. The average Bonchev–Trinajstić information content (AvgIpc) is 3.05. The third-order valence-electron chi connectivity index (χ3n) is 5.90. The molecule has 1 aliphatic carbocycles. The molecule has 0 amide bonds. The first-order chi connectivity index (χ1) is 12.9. The number of allylic oxidation sites excluding steroid dienone is 1. The standard InChI is InChI=1S/C23H23N3O/c1-13-21(25-12-24-13)22-20-16(10-23(2,3)11-18(20)27)19-15-7-5-4-6-14(15)8-9-17(19)26-22/h4-9,12,22,26H,10-11H2,1-3H3,(H,24,25)/t22-/m0/s1. The van der Waals surface area contributed by atoms with Crippen LogP contribution in [-0.4, -0.2) is 15.8 Å². The lowest BCUT2D eigenvalue weighted by molar-refractivity contribution is -0.118. The van der Waals surface area contributed by atoms with Gasteiger partial charge >= 0.3 is 0 Å². The summed E-state index contributed by atoms with van der Waals surface area (Å²) in [6, 6.07) is 12.6. The SMILES string of the molecule is Cc1nc[nH]c1[C@H]1Nc2ccc3ccccc3c2C2=C1C(=O)CC(C)(C)C2. The molecule has 136 valence electrons. The predicted molar refractivity (Wildman–Crippen MR) is 109 cm³/mol. The van der Waals surface area contributed by atoms with Crippen molar-refractivity contribution in [1.29, 1.82) is 0 Å². The molecule has 0 fully saturated rings. The zero-order chi connectivity index (χ0) is 18.8. The van der Waals surface area contributed by atoms with Crippen LogP contribution in [0.3, 0.4) is 0 Å². The van der Waals surface area contributed by atoms with Crippen LogP contribution in [0.25, 0.3) is 16.3 Å². The van der Waals surface area contributed by atoms with E-state index >= 15 is 0 Å². The second-order valence-electron chi connectivity index (χ2n) is 8.52. The van der Waals surface area contributed by atoms with E-state index in [0.29, 0.717) is 6.42 Å². The van der Waals surface area contributed by atoms with Gasteiger partial charge in [-0.1, -0.05) is 44.2 Å². The number of carbonyl (C=O) groups excluding carboxylic acids is 1. The van der Waals surface area contributed by atoms with E-state index in [9.17, 15) is 4.79 Å². The number of nitrogens with one attached hydrogen (secondary N) is 2. The molecule has 2 heterocycles. The number of carbonyl (C=O) groups is 1. The number of hydrogen-bond acceptors (Lipinski definition) is 3. The number of benzene rings is 2. The maximum atomic E-state index is 13.3. The second-order valence-corrected chi connectivity index (χ2v) is 8.52. The lowest BCUT2D eigenvalue weighted by atomic mass is 9.68. The molecular formula is C23H23N3O. The third-order valence-corrected chi connectivity index (χ3v) is 5.90. The fourth-order valence-electron chi connectivity index (χ4n) is 4.72. The van der Waals surface area contributed by atoms with Crippen LogP contribution < -0.4 is 5.32 Å². The number of imidazole rings is 1. The number of anilines is 1. The first-order valence-corrected chi connectivity index (χ1v) is 9.49. The summed E-state index contributed by atoms with van der Waals surface area (Å²) in [6.07, 6.45) is 3.19. The Hall–Kier alpha value is -2.88. The van der Waals surface area contributed by atoms with Gasteiger partial charge in [0.1, 0.15) is 0 Å². The van der Waals surface area contributed by atoms with E-state index in [0.717, 1.165) is 29.1 Å². The Morgan fingerprint density at radius 2 is 1.93 bits per heavy atom. The average molecular weight is 357 g/mol. The molecule has 1 atom stereocenters. The van der Waals surface area contributed by atoms with Crippen LogP contribution in [0.4, 0.5) is 5.69 Å². The lowest BCUT2D eigenvalue weighted by Gasteiger charge is -2.40. The van der Waals surface area contributed by atoms with Crippen LogP contribution in [0.15, 0.2) is 48.3 Å². The number of rotatable bonds is 1. The van der Waals surface area contributed by atoms with Crippen LogP contribution >= 0.6 is 0 Å². The van der Waals surface area contributed by atoms with Gasteiger partial charge in [0.2, 0.25) is 0 Å². The molecule has 3 aromatic rings. The summed E-state index contributed by atoms with van der Waals surface area (Å²) >= 11 is 0. The van der Waals surface area contributed by atoms with Gasteiger partial charge in [-0.05, 0) is 41.2 Å². The third kappa shape index (κ3) is 2.43. The molecule has 2 N–H and O–H groups in total. The first kappa shape index (κ1) is 16.3. The highest BCUT2D eigenvalue weighted by Gasteiger charge is 2.41. The van der Waals surface area contributed by atoms with E-state index < -0.39 is 0 Å². The van der Waals surface area contributed by atoms with Crippen LogP contribution in [-0.2, 0) is 4.79 Å².